The zero-order chi connectivity index (χ0) is 14.1. The van der Waals surface area contributed by atoms with Gasteiger partial charge in [-0.15, -0.1) is 0 Å². The molecule has 0 N–H and O–H groups in total. The molecule has 0 aliphatic carbocycles. The van der Waals surface area contributed by atoms with Crippen molar-refractivity contribution in [3.05, 3.63) is 28.7 Å². The van der Waals surface area contributed by atoms with Gasteiger partial charge in [0.05, 0.1) is 18.2 Å². The first kappa shape index (κ1) is 13.8. The van der Waals surface area contributed by atoms with E-state index in [-0.39, 0.29) is 17.9 Å². The van der Waals surface area contributed by atoms with Crippen LogP contribution < -0.4 is 4.90 Å². The molecule has 2 heterocycles. The van der Waals surface area contributed by atoms with Crippen LogP contribution in [0.15, 0.2) is 28.7 Å². The largest absolute Gasteiger partial charge is 0.292 e. The predicted octanol–water partition coefficient (Wildman–Crippen LogP) is 2.57. The maximum atomic E-state index is 12.6. The van der Waals surface area contributed by atoms with Crippen molar-refractivity contribution in [1.82, 2.24) is 4.90 Å². The van der Waals surface area contributed by atoms with Gasteiger partial charge in [0.15, 0.2) is 0 Å². The number of carbonyl (C=O) groups excluding carboxylic acids is 2. The number of benzene rings is 1. The highest BCUT2D eigenvalue weighted by Gasteiger charge is 2.42. The third-order valence-electron chi connectivity index (χ3n) is 4.04. The summed E-state index contributed by atoms with van der Waals surface area (Å²) in [4.78, 5) is 28.3. The minimum absolute atomic E-state index is 0.0702. The van der Waals surface area contributed by atoms with E-state index in [1.807, 2.05) is 12.1 Å². The van der Waals surface area contributed by atoms with Crippen LogP contribution in [0, 0.1) is 0 Å². The molecule has 1 aromatic carbocycles. The number of carbonyl (C=O) groups is 2. The molecule has 2 fully saturated rings. The molecule has 2 aliphatic heterocycles. The normalized spacial score (nSPS) is 24.4. The van der Waals surface area contributed by atoms with E-state index in [1.54, 1.807) is 12.1 Å². The molecule has 4 nitrogen and oxygen atoms in total. The number of hydrogen-bond acceptors (Lipinski definition) is 3. The lowest BCUT2D eigenvalue weighted by Gasteiger charge is -2.30. The zero-order valence-electron chi connectivity index (χ0n) is 11.2. The summed E-state index contributed by atoms with van der Waals surface area (Å²) < 4.78 is 0.938. The van der Waals surface area contributed by atoms with Gasteiger partial charge in [-0.2, -0.15) is 0 Å². The molecule has 20 heavy (non-hydrogen) atoms. The third kappa shape index (κ3) is 2.52. The van der Waals surface area contributed by atoms with Gasteiger partial charge in [-0.25, -0.2) is 4.90 Å². The summed E-state index contributed by atoms with van der Waals surface area (Å²) >= 11 is 3.36. The quantitative estimate of drug-likeness (QED) is 0.779. The van der Waals surface area contributed by atoms with Gasteiger partial charge in [-0.3, -0.25) is 14.5 Å². The van der Waals surface area contributed by atoms with Gasteiger partial charge in [0, 0.05) is 4.47 Å². The lowest BCUT2D eigenvalue weighted by molar-refractivity contribution is -0.123. The standard InChI is InChI=1S/C15H17BrN2O2/c16-11-4-6-12(7-5-11)18-14(19)10-13(15(18)20)17-8-2-1-3-9-17/h4-7,13H,1-3,8-10H2/t13-/m1/s1. The van der Waals surface area contributed by atoms with Crippen LogP contribution in [0.3, 0.4) is 0 Å². The second kappa shape index (κ2) is 5.66. The van der Waals surface area contributed by atoms with Gasteiger partial charge in [0.1, 0.15) is 0 Å². The topological polar surface area (TPSA) is 40.6 Å². The number of halogens is 1. The Kier molecular flexibility index (Phi) is 3.89. The van der Waals surface area contributed by atoms with Gasteiger partial charge < -0.3 is 0 Å². The number of rotatable bonds is 2. The van der Waals surface area contributed by atoms with Crippen molar-refractivity contribution in [1.29, 1.82) is 0 Å². The summed E-state index contributed by atoms with van der Waals surface area (Å²) in [5, 5.41) is 0. The molecular formula is C15H17BrN2O2. The maximum Gasteiger partial charge on any atom is 0.251 e. The number of hydrogen-bond donors (Lipinski definition) is 0. The van der Waals surface area contributed by atoms with Crippen LogP contribution in [0.1, 0.15) is 25.7 Å². The van der Waals surface area contributed by atoms with Gasteiger partial charge in [0.25, 0.3) is 5.91 Å². The molecule has 0 unspecified atom stereocenters. The molecule has 2 aliphatic rings. The highest BCUT2D eigenvalue weighted by Crippen LogP contribution is 2.28. The fourth-order valence-corrected chi connectivity index (χ4v) is 3.26. The van der Waals surface area contributed by atoms with E-state index in [9.17, 15) is 9.59 Å². The Morgan fingerprint density at radius 1 is 1.00 bits per heavy atom. The molecule has 2 saturated heterocycles. The predicted molar refractivity (Wildman–Crippen MR) is 80.5 cm³/mol. The molecule has 0 aromatic heterocycles. The molecular weight excluding hydrogens is 320 g/mol. The summed E-state index contributed by atoms with van der Waals surface area (Å²) in [5.41, 5.74) is 0.669. The molecule has 2 amide bonds. The second-order valence-corrected chi connectivity index (χ2v) is 6.28. The SMILES string of the molecule is O=C1C[C@@H](N2CCCCC2)C(=O)N1c1ccc(Br)cc1. The summed E-state index contributed by atoms with van der Waals surface area (Å²) in [6.07, 6.45) is 3.78. The summed E-state index contributed by atoms with van der Waals surface area (Å²) in [7, 11) is 0. The Balaban J connectivity index is 1.81. The van der Waals surface area contributed by atoms with E-state index in [0.29, 0.717) is 12.1 Å². The molecule has 1 aromatic rings. The van der Waals surface area contributed by atoms with Crippen LogP contribution in [-0.4, -0.2) is 35.8 Å². The maximum absolute atomic E-state index is 12.6. The lowest BCUT2D eigenvalue weighted by Crippen LogP contribution is -2.44. The first-order valence-corrected chi connectivity index (χ1v) is 7.82. The van der Waals surface area contributed by atoms with Gasteiger partial charge in [-0.1, -0.05) is 22.4 Å². The zero-order valence-corrected chi connectivity index (χ0v) is 12.8. The van der Waals surface area contributed by atoms with Crippen molar-refractivity contribution in [2.24, 2.45) is 0 Å². The average Bonchev–Trinajstić information content (AvgIpc) is 2.76. The first-order chi connectivity index (χ1) is 9.66. The van der Waals surface area contributed by atoms with E-state index in [0.717, 1.165) is 30.4 Å². The van der Waals surface area contributed by atoms with Crippen molar-refractivity contribution in [3.8, 4) is 0 Å². The van der Waals surface area contributed by atoms with Crippen LogP contribution in [-0.2, 0) is 9.59 Å². The van der Waals surface area contributed by atoms with E-state index >= 15 is 0 Å². The van der Waals surface area contributed by atoms with Gasteiger partial charge in [-0.05, 0) is 50.2 Å². The molecule has 0 bridgehead atoms. The minimum atomic E-state index is -0.258. The minimum Gasteiger partial charge on any atom is -0.292 e. The van der Waals surface area contributed by atoms with Crippen molar-refractivity contribution in [3.63, 3.8) is 0 Å². The average molecular weight is 337 g/mol. The lowest BCUT2D eigenvalue weighted by atomic mass is 10.1. The van der Waals surface area contributed by atoms with Gasteiger partial charge in [0.2, 0.25) is 5.91 Å². The van der Waals surface area contributed by atoms with E-state index in [2.05, 4.69) is 20.8 Å². The molecule has 0 saturated carbocycles. The molecule has 3 rings (SSSR count). The second-order valence-electron chi connectivity index (χ2n) is 5.36. The molecule has 106 valence electrons. The first-order valence-electron chi connectivity index (χ1n) is 7.03. The molecule has 0 spiro atoms. The van der Waals surface area contributed by atoms with Crippen LogP contribution >= 0.6 is 15.9 Å². The fraction of sp³-hybridized carbons (Fsp3) is 0.467. The van der Waals surface area contributed by atoms with Crippen LogP contribution in [0.25, 0.3) is 0 Å². The monoisotopic (exact) mass is 336 g/mol. The molecule has 1 atom stereocenters. The molecule has 0 radical (unpaired) electrons. The van der Waals surface area contributed by atoms with E-state index in [1.165, 1.54) is 11.3 Å². The fourth-order valence-electron chi connectivity index (χ4n) is 2.99. The number of amides is 2. The van der Waals surface area contributed by atoms with Gasteiger partial charge >= 0.3 is 0 Å². The van der Waals surface area contributed by atoms with Crippen LogP contribution in [0.2, 0.25) is 0 Å². The number of likely N-dealkylation sites (tertiary alicyclic amines) is 1. The Morgan fingerprint density at radius 2 is 1.65 bits per heavy atom. The Bertz CT molecular complexity index is 523. The van der Waals surface area contributed by atoms with E-state index < -0.39 is 0 Å². The van der Waals surface area contributed by atoms with Crippen LogP contribution in [0.5, 0.6) is 0 Å². The molecule has 5 heteroatoms. The Morgan fingerprint density at radius 3 is 2.30 bits per heavy atom. The highest BCUT2D eigenvalue weighted by molar-refractivity contribution is 9.10. The smallest absolute Gasteiger partial charge is 0.251 e. The van der Waals surface area contributed by atoms with Crippen LogP contribution in [0.4, 0.5) is 5.69 Å². The van der Waals surface area contributed by atoms with Crippen molar-refractivity contribution >= 4 is 33.4 Å². The van der Waals surface area contributed by atoms with E-state index in [4.69, 9.17) is 0 Å². The van der Waals surface area contributed by atoms with Crippen molar-refractivity contribution in [2.45, 2.75) is 31.7 Å². The van der Waals surface area contributed by atoms with Crippen molar-refractivity contribution in [2.75, 3.05) is 18.0 Å². The number of anilines is 1. The Hall–Kier alpha value is -1.20. The Labute approximate surface area is 126 Å². The van der Waals surface area contributed by atoms with Crippen molar-refractivity contribution < 1.29 is 9.59 Å². The summed E-state index contributed by atoms with van der Waals surface area (Å²) in [6.45, 7) is 1.86. The highest BCUT2D eigenvalue weighted by atomic mass is 79.9. The number of imide groups is 1. The third-order valence-corrected chi connectivity index (χ3v) is 4.57. The number of nitrogens with zero attached hydrogens (tertiary/aromatic N) is 2. The summed E-state index contributed by atoms with van der Waals surface area (Å²) in [5.74, 6) is -0.160. The number of piperidine rings is 1. The summed E-state index contributed by atoms with van der Waals surface area (Å²) in [6, 6.07) is 7.05.